The lowest BCUT2D eigenvalue weighted by Gasteiger charge is -2.40. The SMILES string of the molecule is O=S(=O)(c1ccc(N2c3ccccc3N(c3ccccc3)c3ccccc32)cc1)c1ccc(S(=O)(=O)c2ccc(N3c4ccccc4N(c4ccccc4)c4ccccc43)cc2)cc1. The van der Waals surface area contributed by atoms with Crippen molar-refractivity contribution in [1.82, 2.24) is 0 Å². The quantitative estimate of drug-likeness (QED) is 0.149. The molecular formula is C54H38N4O4S2. The predicted octanol–water partition coefficient (Wildman–Crippen LogP) is 13.9. The molecule has 2 aliphatic rings. The summed E-state index contributed by atoms with van der Waals surface area (Å²) in [5, 5.41) is 0. The number of para-hydroxylation sites is 10. The summed E-state index contributed by atoms with van der Waals surface area (Å²) in [5.74, 6) is 0. The first-order valence-corrected chi connectivity index (χ1v) is 23.7. The van der Waals surface area contributed by atoms with E-state index in [0.29, 0.717) is 0 Å². The molecule has 0 unspecified atom stereocenters. The van der Waals surface area contributed by atoms with Crippen molar-refractivity contribution < 1.29 is 16.8 Å². The first-order valence-electron chi connectivity index (χ1n) is 20.8. The van der Waals surface area contributed by atoms with Crippen LogP contribution in [0.3, 0.4) is 0 Å². The van der Waals surface area contributed by atoms with Crippen molar-refractivity contribution in [3.63, 3.8) is 0 Å². The van der Waals surface area contributed by atoms with Crippen molar-refractivity contribution >= 4 is 87.9 Å². The maximum absolute atomic E-state index is 14.0. The van der Waals surface area contributed by atoms with Gasteiger partial charge in [0.25, 0.3) is 0 Å². The Morgan fingerprint density at radius 2 is 0.375 bits per heavy atom. The lowest BCUT2D eigenvalue weighted by atomic mass is 10.0. The third kappa shape index (κ3) is 6.42. The van der Waals surface area contributed by atoms with Gasteiger partial charge in [-0.1, -0.05) is 84.9 Å². The molecule has 0 bridgehead atoms. The monoisotopic (exact) mass is 870 g/mol. The Morgan fingerprint density at radius 1 is 0.203 bits per heavy atom. The molecule has 0 fully saturated rings. The molecule has 64 heavy (non-hydrogen) atoms. The Labute approximate surface area is 372 Å². The minimum absolute atomic E-state index is 0.00584. The van der Waals surface area contributed by atoms with E-state index in [-0.39, 0.29) is 19.6 Å². The topological polar surface area (TPSA) is 81.2 Å². The zero-order valence-electron chi connectivity index (χ0n) is 34.2. The average molecular weight is 871 g/mol. The molecule has 0 aromatic heterocycles. The molecule has 2 heterocycles. The van der Waals surface area contributed by atoms with Crippen molar-refractivity contribution in [1.29, 1.82) is 0 Å². The van der Waals surface area contributed by atoms with Gasteiger partial charge >= 0.3 is 0 Å². The first kappa shape index (κ1) is 39.0. The van der Waals surface area contributed by atoms with Crippen LogP contribution in [0, 0.1) is 0 Å². The van der Waals surface area contributed by atoms with Gasteiger partial charge < -0.3 is 19.6 Å². The Morgan fingerprint density at radius 3 is 0.594 bits per heavy atom. The third-order valence-electron chi connectivity index (χ3n) is 11.7. The third-order valence-corrected chi connectivity index (χ3v) is 15.3. The van der Waals surface area contributed by atoms with E-state index < -0.39 is 19.7 Å². The fourth-order valence-electron chi connectivity index (χ4n) is 8.77. The minimum Gasteiger partial charge on any atom is -0.306 e. The molecule has 10 heteroatoms. The maximum Gasteiger partial charge on any atom is 0.206 e. The molecule has 9 aromatic rings. The van der Waals surface area contributed by atoms with E-state index in [9.17, 15) is 16.8 Å². The number of nitrogens with zero attached hydrogens (tertiary/aromatic N) is 4. The van der Waals surface area contributed by atoms with Crippen LogP contribution in [-0.2, 0) is 19.7 Å². The molecule has 8 nitrogen and oxygen atoms in total. The van der Waals surface area contributed by atoms with Crippen LogP contribution in [0.2, 0.25) is 0 Å². The summed E-state index contributed by atoms with van der Waals surface area (Å²) in [7, 11) is -8.00. The Kier molecular flexibility index (Phi) is 9.41. The maximum atomic E-state index is 14.0. The summed E-state index contributed by atoms with van der Waals surface area (Å²) in [5.41, 5.74) is 11.4. The zero-order chi connectivity index (χ0) is 43.4. The van der Waals surface area contributed by atoms with E-state index in [1.807, 2.05) is 109 Å². The fraction of sp³-hybridized carbons (Fsp3) is 0. The van der Waals surface area contributed by atoms with Gasteiger partial charge in [0.2, 0.25) is 19.7 Å². The van der Waals surface area contributed by atoms with Gasteiger partial charge in [-0.15, -0.1) is 0 Å². The minimum atomic E-state index is -4.00. The molecule has 0 atom stereocenters. The second-order valence-electron chi connectivity index (χ2n) is 15.4. The van der Waals surface area contributed by atoms with E-state index in [0.717, 1.165) is 68.2 Å². The second-order valence-corrected chi connectivity index (χ2v) is 19.3. The second kappa shape index (κ2) is 15.5. The molecule has 11 rings (SSSR count). The van der Waals surface area contributed by atoms with Crippen molar-refractivity contribution in [2.45, 2.75) is 19.6 Å². The van der Waals surface area contributed by atoms with Crippen LogP contribution in [0.25, 0.3) is 0 Å². The number of hydrogen-bond acceptors (Lipinski definition) is 8. The van der Waals surface area contributed by atoms with Crippen LogP contribution in [0.5, 0.6) is 0 Å². The molecule has 0 saturated heterocycles. The van der Waals surface area contributed by atoms with Crippen molar-refractivity contribution in [3.8, 4) is 0 Å². The summed E-state index contributed by atoms with van der Waals surface area (Å²) < 4.78 is 56.1. The van der Waals surface area contributed by atoms with Gasteiger partial charge in [-0.25, -0.2) is 16.8 Å². The molecule has 2 aliphatic heterocycles. The molecule has 0 radical (unpaired) electrons. The number of benzene rings is 9. The molecule has 0 N–H and O–H groups in total. The van der Waals surface area contributed by atoms with Crippen molar-refractivity contribution in [2.75, 3.05) is 19.6 Å². The van der Waals surface area contributed by atoms with Gasteiger partial charge in [-0.3, -0.25) is 0 Å². The smallest absolute Gasteiger partial charge is 0.206 e. The molecule has 310 valence electrons. The zero-order valence-corrected chi connectivity index (χ0v) is 35.8. The van der Waals surface area contributed by atoms with E-state index in [1.165, 1.54) is 24.3 Å². The molecule has 0 aliphatic carbocycles. The van der Waals surface area contributed by atoms with Gasteiger partial charge in [0.1, 0.15) is 0 Å². The van der Waals surface area contributed by atoms with Gasteiger partial charge in [-0.05, 0) is 146 Å². The van der Waals surface area contributed by atoms with Gasteiger partial charge in [0.15, 0.2) is 0 Å². The standard InChI is InChI=1S/C54H38N4O4S2/c59-63(60,43-31-27-41(28-32-43)57-51-23-11-7-19-47(51)55(39-15-3-1-4-16-39)48-20-8-12-24-52(48)57)45-35-37-46(38-36-45)64(61,62)44-33-29-42(30-34-44)58-53-25-13-9-21-49(53)56(40-17-5-2-6-18-40)50-22-10-14-26-54(50)58/h1-38H. The van der Waals surface area contributed by atoms with E-state index in [1.54, 1.807) is 24.3 Å². The van der Waals surface area contributed by atoms with E-state index in [2.05, 4.69) is 92.4 Å². The largest absolute Gasteiger partial charge is 0.306 e. The molecule has 0 spiro atoms. The van der Waals surface area contributed by atoms with Crippen molar-refractivity contribution in [3.05, 3.63) is 231 Å². The Hall–Kier alpha value is -7.92. The summed E-state index contributed by atoms with van der Waals surface area (Å²) in [6.45, 7) is 0. The van der Waals surface area contributed by atoms with Crippen LogP contribution < -0.4 is 19.6 Å². The van der Waals surface area contributed by atoms with E-state index >= 15 is 0 Å². The summed E-state index contributed by atoms with van der Waals surface area (Å²) in [6.07, 6.45) is 0. The molecule has 0 amide bonds. The highest BCUT2D eigenvalue weighted by Gasteiger charge is 2.32. The average Bonchev–Trinajstić information content (AvgIpc) is 3.35. The number of anilines is 12. The summed E-state index contributed by atoms with van der Waals surface area (Å²) in [4.78, 5) is 8.91. The number of hydrogen-bond donors (Lipinski definition) is 0. The lowest BCUT2D eigenvalue weighted by Crippen LogP contribution is -2.23. The van der Waals surface area contributed by atoms with Gasteiger partial charge in [0, 0.05) is 22.7 Å². The van der Waals surface area contributed by atoms with Crippen LogP contribution >= 0.6 is 0 Å². The molecule has 9 aromatic carbocycles. The highest BCUT2D eigenvalue weighted by Crippen LogP contribution is 2.55. The van der Waals surface area contributed by atoms with Crippen LogP contribution in [0.1, 0.15) is 0 Å². The highest BCUT2D eigenvalue weighted by atomic mass is 32.2. The summed E-state index contributed by atoms with van der Waals surface area (Å²) >= 11 is 0. The molecular weight excluding hydrogens is 833 g/mol. The number of rotatable bonds is 8. The highest BCUT2D eigenvalue weighted by molar-refractivity contribution is 7.92. The Bertz CT molecular complexity index is 3100. The number of sulfone groups is 2. The fourth-order valence-corrected chi connectivity index (χ4v) is 11.3. The lowest BCUT2D eigenvalue weighted by molar-refractivity contribution is 0.592. The first-order chi connectivity index (χ1) is 31.3. The van der Waals surface area contributed by atoms with Crippen LogP contribution in [0.4, 0.5) is 68.2 Å². The normalized spacial score (nSPS) is 13.1. The molecule has 0 saturated carbocycles. The summed E-state index contributed by atoms with van der Waals surface area (Å²) in [6, 6.07) is 72.0. The van der Waals surface area contributed by atoms with Gasteiger partial charge in [0.05, 0.1) is 65.1 Å². The number of fused-ring (bicyclic) bond motifs is 4. The van der Waals surface area contributed by atoms with Gasteiger partial charge in [-0.2, -0.15) is 0 Å². The Balaban J connectivity index is 0.861. The van der Waals surface area contributed by atoms with Crippen LogP contribution in [-0.4, -0.2) is 16.8 Å². The van der Waals surface area contributed by atoms with Crippen LogP contribution in [0.15, 0.2) is 250 Å². The van der Waals surface area contributed by atoms with E-state index in [4.69, 9.17) is 0 Å². The van der Waals surface area contributed by atoms with Crippen molar-refractivity contribution in [2.24, 2.45) is 0 Å². The predicted molar refractivity (Wildman–Crippen MR) is 256 cm³/mol.